The summed E-state index contributed by atoms with van der Waals surface area (Å²) in [4.78, 5) is 12.3. The number of hydrogen-bond acceptors (Lipinski definition) is 3. The molecule has 0 aromatic heterocycles. The van der Waals surface area contributed by atoms with Crippen LogP contribution in [0.2, 0.25) is 0 Å². The Labute approximate surface area is 119 Å². The first-order chi connectivity index (χ1) is 9.63. The summed E-state index contributed by atoms with van der Waals surface area (Å²) in [5, 5.41) is 14.7. The predicted molar refractivity (Wildman–Crippen MR) is 79.7 cm³/mol. The van der Waals surface area contributed by atoms with E-state index in [0.29, 0.717) is 18.0 Å². The lowest BCUT2D eigenvalue weighted by Crippen LogP contribution is -2.39. The number of nitrogens with zero attached hydrogens (tertiary/aromatic N) is 1. The number of amides is 1. The molecule has 5 heteroatoms. The molecular formula is C15H23N3O2. The van der Waals surface area contributed by atoms with E-state index in [9.17, 15) is 4.79 Å². The first-order valence-corrected chi connectivity index (χ1v) is 6.94. The van der Waals surface area contributed by atoms with Crippen LogP contribution in [0.4, 0.5) is 0 Å². The topological polar surface area (TPSA) is 87.7 Å². The average molecular weight is 277 g/mol. The van der Waals surface area contributed by atoms with Crippen molar-refractivity contribution in [1.29, 1.82) is 0 Å². The van der Waals surface area contributed by atoms with E-state index in [1.165, 1.54) is 0 Å². The van der Waals surface area contributed by atoms with E-state index in [0.717, 1.165) is 12.8 Å². The molecule has 0 radical (unpaired) electrons. The Balaban J connectivity index is 2.82. The van der Waals surface area contributed by atoms with Crippen LogP contribution in [0.3, 0.4) is 0 Å². The highest BCUT2D eigenvalue weighted by Crippen LogP contribution is 2.16. The molecule has 1 unspecified atom stereocenters. The zero-order valence-corrected chi connectivity index (χ0v) is 12.0. The zero-order valence-electron chi connectivity index (χ0n) is 12.0. The van der Waals surface area contributed by atoms with Gasteiger partial charge in [0, 0.05) is 6.54 Å². The summed E-state index contributed by atoms with van der Waals surface area (Å²) in [5.41, 5.74) is 6.37. The molecule has 1 atom stereocenters. The quantitative estimate of drug-likeness (QED) is 0.308. The third kappa shape index (κ3) is 4.26. The van der Waals surface area contributed by atoms with Crippen LogP contribution in [0.25, 0.3) is 0 Å². The Kier molecular flexibility index (Phi) is 6.56. The second kappa shape index (κ2) is 8.19. The number of amidine groups is 1. The lowest BCUT2D eigenvalue weighted by atomic mass is 9.96. The average Bonchev–Trinajstić information content (AvgIpc) is 2.49. The minimum atomic E-state index is -0.754. The Morgan fingerprint density at radius 2 is 1.90 bits per heavy atom. The molecule has 4 N–H and O–H groups in total. The van der Waals surface area contributed by atoms with Gasteiger partial charge in [-0.25, -0.2) is 0 Å². The van der Waals surface area contributed by atoms with Crippen LogP contribution < -0.4 is 11.1 Å². The van der Waals surface area contributed by atoms with E-state index in [2.05, 4.69) is 24.3 Å². The van der Waals surface area contributed by atoms with Gasteiger partial charge in [-0.1, -0.05) is 62.2 Å². The van der Waals surface area contributed by atoms with Gasteiger partial charge in [0.25, 0.3) is 0 Å². The second-order valence-electron chi connectivity index (χ2n) is 4.80. The summed E-state index contributed by atoms with van der Waals surface area (Å²) >= 11 is 0. The van der Waals surface area contributed by atoms with E-state index in [4.69, 9.17) is 10.9 Å². The second-order valence-corrected chi connectivity index (χ2v) is 4.80. The van der Waals surface area contributed by atoms with Gasteiger partial charge in [0.2, 0.25) is 5.91 Å². The molecule has 1 rings (SSSR count). The maximum atomic E-state index is 12.3. The van der Waals surface area contributed by atoms with Crippen molar-refractivity contribution < 1.29 is 10.0 Å². The van der Waals surface area contributed by atoms with Gasteiger partial charge < -0.3 is 16.3 Å². The van der Waals surface area contributed by atoms with Gasteiger partial charge >= 0.3 is 0 Å². The summed E-state index contributed by atoms with van der Waals surface area (Å²) in [6, 6.07) is 9.08. The van der Waals surface area contributed by atoms with Crippen molar-refractivity contribution in [1.82, 2.24) is 5.32 Å². The van der Waals surface area contributed by atoms with Gasteiger partial charge in [0.1, 0.15) is 5.92 Å². The maximum absolute atomic E-state index is 12.3. The van der Waals surface area contributed by atoms with Crippen LogP contribution in [0.5, 0.6) is 0 Å². The lowest BCUT2D eigenvalue weighted by Gasteiger charge is -2.18. The fourth-order valence-electron chi connectivity index (χ4n) is 2.08. The molecule has 0 aliphatic rings. The molecule has 0 aliphatic heterocycles. The van der Waals surface area contributed by atoms with E-state index >= 15 is 0 Å². The molecule has 20 heavy (non-hydrogen) atoms. The fraction of sp³-hybridized carbons (Fsp3) is 0.467. The molecule has 5 nitrogen and oxygen atoms in total. The monoisotopic (exact) mass is 277 g/mol. The first-order valence-electron chi connectivity index (χ1n) is 6.94. The van der Waals surface area contributed by atoms with Crippen molar-refractivity contribution in [2.75, 3.05) is 6.54 Å². The number of nitrogens with one attached hydrogen (secondary N) is 1. The standard InChI is InChI=1S/C15H23N3O2/c1-3-11(4-2)10-17-15(19)13(14(16)18-20)12-8-6-5-7-9-12/h5-9,11,13,20H,3-4,10H2,1-2H3,(H2,16,18)(H,17,19). The molecular weight excluding hydrogens is 254 g/mol. The number of nitrogens with two attached hydrogens (primary N) is 1. The number of rotatable bonds is 7. The number of carbonyl (C=O) groups excluding carboxylic acids is 1. The number of oxime groups is 1. The van der Waals surface area contributed by atoms with Gasteiger partial charge in [-0.3, -0.25) is 4.79 Å². The highest BCUT2D eigenvalue weighted by Gasteiger charge is 2.25. The number of carbonyl (C=O) groups is 1. The normalized spacial score (nSPS) is 13.2. The van der Waals surface area contributed by atoms with Crippen LogP contribution in [-0.2, 0) is 4.79 Å². The first kappa shape index (κ1) is 16.0. The van der Waals surface area contributed by atoms with Crippen molar-refractivity contribution in [2.24, 2.45) is 16.8 Å². The van der Waals surface area contributed by atoms with Crippen molar-refractivity contribution in [2.45, 2.75) is 32.6 Å². The van der Waals surface area contributed by atoms with Gasteiger partial charge in [-0.05, 0) is 11.5 Å². The van der Waals surface area contributed by atoms with Gasteiger partial charge in [0.05, 0.1) is 0 Å². The van der Waals surface area contributed by atoms with E-state index in [1.54, 1.807) is 12.1 Å². The Hall–Kier alpha value is -2.04. The predicted octanol–water partition coefficient (Wildman–Crippen LogP) is 2.07. The van der Waals surface area contributed by atoms with Crippen LogP contribution in [0, 0.1) is 5.92 Å². The van der Waals surface area contributed by atoms with Gasteiger partial charge in [-0.2, -0.15) is 0 Å². The summed E-state index contributed by atoms with van der Waals surface area (Å²) < 4.78 is 0. The van der Waals surface area contributed by atoms with Crippen molar-refractivity contribution in [3.8, 4) is 0 Å². The SMILES string of the molecule is CCC(CC)CNC(=O)C(/C(N)=N/O)c1ccccc1. The third-order valence-electron chi connectivity index (χ3n) is 3.53. The molecule has 0 heterocycles. The minimum Gasteiger partial charge on any atom is -0.409 e. The van der Waals surface area contributed by atoms with Crippen LogP contribution in [0.15, 0.2) is 35.5 Å². The Morgan fingerprint density at radius 3 is 2.40 bits per heavy atom. The van der Waals surface area contributed by atoms with Crippen molar-refractivity contribution in [3.05, 3.63) is 35.9 Å². The summed E-state index contributed by atoms with van der Waals surface area (Å²) in [7, 11) is 0. The molecule has 0 fully saturated rings. The highest BCUT2D eigenvalue weighted by atomic mass is 16.4. The van der Waals surface area contributed by atoms with E-state index in [-0.39, 0.29) is 11.7 Å². The lowest BCUT2D eigenvalue weighted by molar-refractivity contribution is -0.121. The molecule has 1 amide bonds. The van der Waals surface area contributed by atoms with Crippen LogP contribution in [0.1, 0.15) is 38.2 Å². The Bertz CT molecular complexity index is 442. The summed E-state index contributed by atoms with van der Waals surface area (Å²) in [6.07, 6.45) is 2.02. The number of hydrogen-bond donors (Lipinski definition) is 3. The summed E-state index contributed by atoms with van der Waals surface area (Å²) in [6.45, 7) is 4.80. The maximum Gasteiger partial charge on any atom is 0.235 e. The minimum absolute atomic E-state index is 0.0988. The van der Waals surface area contributed by atoms with Gasteiger partial charge in [0.15, 0.2) is 5.84 Å². The molecule has 0 spiro atoms. The molecule has 0 bridgehead atoms. The van der Waals surface area contributed by atoms with E-state index < -0.39 is 5.92 Å². The molecule has 110 valence electrons. The molecule has 1 aromatic rings. The molecule has 0 aliphatic carbocycles. The van der Waals surface area contributed by atoms with Crippen LogP contribution in [-0.4, -0.2) is 23.5 Å². The molecule has 0 saturated carbocycles. The van der Waals surface area contributed by atoms with E-state index in [1.807, 2.05) is 18.2 Å². The largest absolute Gasteiger partial charge is 0.409 e. The van der Waals surface area contributed by atoms with Gasteiger partial charge in [-0.15, -0.1) is 0 Å². The fourth-order valence-corrected chi connectivity index (χ4v) is 2.08. The highest BCUT2D eigenvalue weighted by molar-refractivity contribution is 6.07. The third-order valence-corrected chi connectivity index (χ3v) is 3.53. The smallest absolute Gasteiger partial charge is 0.235 e. The van der Waals surface area contributed by atoms with Crippen molar-refractivity contribution >= 4 is 11.7 Å². The number of benzene rings is 1. The summed E-state index contributed by atoms with van der Waals surface area (Å²) in [5.74, 6) is -0.644. The zero-order chi connectivity index (χ0) is 15.0. The molecule has 1 aromatic carbocycles. The molecule has 0 saturated heterocycles. The van der Waals surface area contributed by atoms with Crippen molar-refractivity contribution in [3.63, 3.8) is 0 Å². The Morgan fingerprint density at radius 1 is 1.30 bits per heavy atom. The van der Waals surface area contributed by atoms with Crippen LogP contribution >= 0.6 is 0 Å².